The molecule has 0 rings (SSSR count). The molecule has 7 nitrogen and oxygen atoms in total. The maximum Gasteiger partial charge on any atom is 0.334 e. The minimum atomic E-state index is -2.94. The molecule has 164 valence electrons. The van der Waals surface area contributed by atoms with Gasteiger partial charge in [-0.05, 0) is 38.4 Å². The Morgan fingerprint density at radius 3 is 2.43 bits per heavy atom. The van der Waals surface area contributed by atoms with E-state index in [-0.39, 0.29) is 18.7 Å². The van der Waals surface area contributed by atoms with Crippen LogP contribution in [0.4, 0.5) is 0 Å². The number of carbonyl (C=O) groups excluding carboxylic acids is 2. The first kappa shape index (κ1) is 27.2. The minimum absolute atomic E-state index is 0.0954. The summed E-state index contributed by atoms with van der Waals surface area (Å²) in [6, 6.07) is -0.631. The van der Waals surface area contributed by atoms with Gasteiger partial charge in [-0.3, -0.25) is 9.36 Å². The topological polar surface area (TPSA) is 105 Å². The van der Waals surface area contributed by atoms with E-state index in [2.05, 4.69) is 4.74 Å². The lowest BCUT2D eigenvalue weighted by molar-refractivity contribution is -0.141. The van der Waals surface area contributed by atoms with Crippen LogP contribution < -0.4 is 5.73 Å². The van der Waals surface area contributed by atoms with Crippen LogP contribution in [0.2, 0.25) is 0 Å². The molecule has 0 saturated heterocycles. The summed E-state index contributed by atoms with van der Waals surface area (Å²) in [5.74, 6) is 0.609. The normalized spacial score (nSPS) is 15.2. The summed E-state index contributed by atoms with van der Waals surface area (Å²) >= 11 is 1.55. The molecule has 0 aliphatic heterocycles. The third-order valence-electron chi connectivity index (χ3n) is 3.64. The van der Waals surface area contributed by atoms with Crippen LogP contribution in [0.15, 0.2) is 11.6 Å². The molecular weight excluding hydrogens is 401 g/mol. The number of ether oxygens (including phenoxy) is 2. The molecule has 0 radical (unpaired) electrons. The predicted octanol–water partition coefficient (Wildman–Crippen LogP) is 3.46. The van der Waals surface area contributed by atoms with E-state index in [1.54, 1.807) is 31.7 Å². The molecule has 0 fully saturated rings. The van der Waals surface area contributed by atoms with Crippen LogP contribution in [0.25, 0.3) is 0 Å². The zero-order valence-corrected chi connectivity index (χ0v) is 19.5. The first-order valence-corrected chi connectivity index (χ1v) is 12.8. The summed E-state index contributed by atoms with van der Waals surface area (Å²) in [7, 11) is -1.63. The van der Waals surface area contributed by atoms with Crippen molar-refractivity contribution in [1.29, 1.82) is 0 Å². The zero-order valence-electron chi connectivity index (χ0n) is 17.8. The highest BCUT2D eigenvalue weighted by molar-refractivity contribution is 7.99. The van der Waals surface area contributed by atoms with Crippen molar-refractivity contribution in [1.82, 2.24) is 0 Å². The molecule has 28 heavy (non-hydrogen) atoms. The highest BCUT2D eigenvalue weighted by atomic mass is 32.2. The van der Waals surface area contributed by atoms with Gasteiger partial charge >= 0.3 is 11.9 Å². The molecule has 0 amide bonds. The Morgan fingerprint density at radius 1 is 1.21 bits per heavy atom. The van der Waals surface area contributed by atoms with Gasteiger partial charge in [0.2, 0.25) is 7.37 Å². The highest BCUT2D eigenvalue weighted by Gasteiger charge is 2.28. The third-order valence-corrected chi connectivity index (χ3v) is 7.65. The van der Waals surface area contributed by atoms with Crippen molar-refractivity contribution in [3.05, 3.63) is 11.6 Å². The lowest BCUT2D eigenvalue weighted by Crippen LogP contribution is -2.33. The number of methoxy groups -OCH3 is 1. The monoisotopic (exact) mass is 437 g/mol. The molecular formula is C19H36NO6PS. The summed E-state index contributed by atoms with van der Waals surface area (Å²) in [6.07, 6.45) is 3.76. The molecule has 0 bridgehead atoms. The first-order valence-electron chi connectivity index (χ1n) is 9.68. The van der Waals surface area contributed by atoms with Gasteiger partial charge in [-0.15, -0.1) is 0 Å². The second-order valence-electron chi connectivity index (χ2n) is 6.76. The van der Waals surface area contributed by atoms with Crippen molar-refractivity contribution in [2.24, 2.45) is 11.7 Å². The quantitative estimate of drug-likeness (QED) is 0.180. The van der Waals surface area contributed by atoms with Crippen LogP contribution in [-0.4, -0.2) is 62.1 Å². The van der Waals surface area contributed by atoms with Crippen molar-refractivity contribution in [3.8, 4) is 0 Å². The van der Waals surface area contributed by atoms with E-state index in [9.17, 15) is 14.2 Å². The van der Waals surface area contributed by atoms with Crippen molar-refractivity contribution in [3.63, 3.8) is 0 Å². The van der Waals surface area contributed by atoms with Gasteiger partial charge in [0.15, 0.2) is 0 Å². The van der Waals surface area contributed by atoms with Gasteiger partial charge in [0.1, 0.15) is 6.04 Å². The van der Waals surface area contributed by atoms with Crippen LogP contribution in [0.5, 0.6) is 0 Å². The molecule has 0 aromatic heterocycles. The number of thioether (sulfide) groups is 1. The first-order chi connectivity index (χ1) is 13.2. The number of esters is 2. The van der Waals surface area contributed by atoms with Crippen molar-refractivity contribution in [2.45, 2.75) is 46.6 Å². The molecule has 2 atom stereocenters. The zero-order chi connectivity index (χ0) is 21.6. The lowest BCUT2D eigenvalue weighted by atomic mass is 10.2. The number of hydrogen-bond donors (Lipinski definition) is 1. The Labute approximate surface area is 173 Å². The smallest absolute Gasteiger partial charge is 0.334 e. The van der Waals surface area contributed by atoms with Crippen molar-refractivity contribution < 1.29 is 28.2 Å². The minimum Gasteiger partial charge on any atom is -0.468 e. The number of unbranched alkanes of at least 4 members (excludes halogenated alkanes) is 1. The molecule has 0 aliphatic carbocycles. The van der Waals surface area contributed by atoms with Gasteiger partial charge in [-0.2, -0.15) is 11.8 Å². The van der Waals surface area contributed by atoms with Gasteiger partial charge in [0.05, 0.1) is 26.5 Å². The van der Waals surface area contributed by atoms with Gasteiger partial charge in [0, 0.05) is 17.5 Å². The second-order valence-corrected chi connectivity index (χ2v) is 10.5. The van der Waals surface area contributed by atoms with Gasteiger partial charge in [-0.1, -0.05) is 19.9 Å². The fraction of sp³-hybridized carbons (Fsp3) is 0.789. The Hall–Kier alpha value is -0.820. The SMILES string of the molecule is CCOC(=O)C(=CCCCSCC(N)C(=O)OC)CP(=O)(CC(C)C)OCC. The molecule has 0 aliphatic rings. The number of nitrogens with two attached hydrogens (primary N) is 1. The average Bonchev–Trinajstić information content (AvgIpc) is 2.62. The maximum atomic E-state index is 13.1. The van der Waals surface area contributed by atoms with E-state index in [1.165, 1.54) is 7.11 Å². The lowest BCUT2D eigenvalue weighted by Gasteiger charge is -2.20. The standard InChI is InChI=1S/C19H36NO6PS/c1-6-25-18(21)16(13-27(23,26-7-2)12-15(3)4)10-8-9-11-28-14-17(20)19(22)24-5/h10,15,17H,6-9,11-14,20H2,1-5H3. The summed E-state index contributed by atoms with van der Waals surface area (Å²) < 4.78 is 28.4. The molecule has 2 unspecified atom stereocenters. The third kappa shape index (κ3) is 11.9. The number of rotatable bonds is 15. The van der Waals surface area contributed by atoms with E-state index in [0.29, 0.717) is 30.5 Å². The molecule has 0 aromatic carbocycles. The summed E-state index contributed by atoms with van der Waals surface area (Å²) in [6.45, 7) is 8.12. The largest absolute Gasteiger partial charge is 0.468 e. The predicted molar refractivity (Wildman–Crippen MR) is 115 cm³/mol. The fourth-order valence-corrected chi connectivity index (χ4v) is 6.16. The highest BCUT2D eigenvalue weighted by Crippen LogP contribution is 2.50. The van der Waals surface area contributed by atoms with Crippen LogP contribution in [-0.2, 0) is 28.2 Å². The van der Waals surface area contributed by atoms with Crippen LogP contribution in [0.3, 0.4) is 0 Å². The Morgan fingerprint density at radius 2 is 1.89 bits per heavy atom. The van der Waals surface area contributed by atoms with E-state index in [1.807, 2.05) is 13.8 Å². The van der Waals surface area contributed by atoms with E-state index in [4.69, 9.17) is 15.0 Å². The van der Waals surface area contributed by atoms with E-state index < -0.39 is 25.3 Å². The Balaban J connectivity index is 4.80. The van der Waals surface area contributed by atoms with Gasteiger partial charge in [-0.25, -0.2) is 4.79 Å². The summed E-state index contributed by atoms with van der Waals surface area (Å²) in [5, 5.41) is 0. The van der Waals surface area contributed by atoms with Crippen molar-refractivity contribution >= 4 is 31.1 Å². The summed E-state index contributed by atoms with van der Waals surface area (Å²) in [5.41, 5.74) is 6.10. The number of allylic oxidation sites excluding steroid dienone is 1. The molecule has 2 N–H and O–H groups in total. The molecule has 0 spiro atoms. The maximum absolute atomic E-state index is 13.1. The Kier molecular flexibility index (Phi) is 14.6. The van der Waals surface area contributed by atoms with Gasteiger partial charge < -0.3 is 19.7 Å². The number of hydrogen-bond acceptors (Lipinski definition) is 8. The van der Waals surface area contributed by atoms with E-state index in [0.717, 1.165) is 12.2 Å². The molecule has 9 heteroatoms. The van der Waals surface area contributed by atoms with Crippen LogP contribution in [0, 0.1) is 5.92 Å². The van der Waals surface area contributed by atoms with Crippen molar-refractivity contribution in [2.75, 3.05) is 44.2 Å². The van der Waals surface area contributed by atoms with Crippen LogP contribution in [0.1, 0.15) is 40.5 Å². The number of carbonyl (C=O) groups is 2. The van der Waals surface area contributed by atoms with E-state index >= 15 is 0 Å². The second kappa shape index (κ2) is 15.1. The van der Waals surface area contributed by atoms with Gasteiger partial charge in [0.25, 0.3) is 0 Å². The molecule has 0 heterocycles. The average molecular weight is 438 g/mol. The molecule has 0 aromatic rings. The summed E-state index contributed by atoms with van der Waals surface area (Å²) in [4.78, 5) is 23.5. The Bertz CT molecular complexity index is 553. The molecule has 0 saturated carbocycles. The van der Waals surface area contributed by atoms with Crippen LogP contribution >= 0.6 is 19.1 Å². The fourth-order valence-electron chi connectivity index (χ4n) is 2.54.